The van der Waals surface area contributed by atoms with Crippen LogP contribution in [0, 0.1) is 0 Å². The van der Waals surface area contributed by atoms with Gasteiger partial charge in [-0.2, -0.15) is 0 Å². The van der Waals surface area contributed by atoms with E-state index in [-0.39, 0.29) is 72.5 Å². The number of amides is 1. The van der Waals surface area contributed by atoms with E-state index in [1.54, 1.807) is 0 Å². The summed E-state index contributed by atoms with van der Waals surface area (Å²) in [6.45, 7) is 0.365. The van der Waals surface area contributed by atoms with E-state index in [0.717, 1.165) is 0 Å². The molecule has 90 valence electrons. The van der Waals surface area contributed by atoms with Gasteiger partial charge in [-0.1, -0.05) is 0 Å². The molecular formula is C6H12NNaO6S2. The summed E-state index contributed by atoms with van der Waals surface area (Å²) in [5, 5.41) is 0. The summed E-state index contributed by atoms with van der Waals surface area (Å²) in [5.74, 6) is -0.496. The van der Waals surface area contributed by atoms with Gasteiger partial charge < -0.3 is 19.8 Å². The van der Waals surface area contributed by atoms with Crippen molar-refractivity contribution in [3.05, 3.63) is 0 Å². The summed E-state index contributed by atoms with van der Waals surface area (Å²) >= 11 is 0. The molecule has 0 spiro atoms. The standard InChI is InChI=1S/C6H13NO6S2.Na/c7-6(8)5-13-2-1-12-3-4-14-15(9,10)11;/h1-5H2,(H2,7,8)(H,9,10,11);/q;+1/p-1. The molecule has 0 heterocycles. The normalized spacial score (nSPS) is 10.8. The first-order valence-electron chi connectivity index (χ1n) is 3.96. The van der Waals surface area contributed by atoms with Crippen LogP contribution in [0.5, 0.6) is 0 Å². The minimum absolute atomic E-state index is 0. The average molecular weight is 281 g/mol. The third-order valence-electron chi connectivity index (χ3n) is 1.07. The first-order valence-corrected chi connectivity index (χ1v) is 6.87. The first kappa shape index (κ1) is 19.0. The van der Waals surface area contributed by atoms with E-state index in [4.69, 9.17) is 15.2 Å². The summed E-state index contributed by atoms with van der Waals surface area (Å²) < 4.78 is 40.0. The number of hydrogen-bond acceptors (Lipinski definition) is 7. The van der Waals surface area contributed by atoms with Crippen molar-refractivity contribution in [2.45, 2.75) is 0 Å². The third-order valence-corrected chi connectivity index (χ3v) is 3.06. The Bertz CT molecular complexity index is 283. The van der Waals surface area contributed by atoms with Gasteiger partial charge >= 0.3 is 29.6 Å². The molecule has 0 aliphatic carbocycles. The number of carbonyl (C=O) groups excluding carboxylic acids is 1. The van der Waals surface area contributed by atoms with Crippen molar-refractivity contribution >= 4 is 25.9 Å². The van der Waals surface area contributed by atoms with Crippen molar-refractivity contribution < 1.29 is 56.8 Å². The summed E-state index contributed by atoms with van der Waals surface area (Å²) in [6, 6.07) is 0. The van der Waals surface area contributed by atoms with Gasteiger partial charge in [0.25, 0.3) is 0 Å². The van der Waals surface area contributed by atoms with Crippen molar-refractivity contribution in [3.63, 3.8) is 0 Å². The molecule has 0 aromatic carbocycles. The molecule has 0 atom stereocenters. The van der Waals surface area contributed by atoms with E-state index in [2.05, 4.69) is 0 Å². The predicted molar refractivity (Wildman–Crippen MR) is 53.0 cm³/mol. The van der Waals surface area contributed by atoms with Gasteiger partial charge in [-0.3, -0.25) is 4.79 Å². The van der Waals surface area contributed by atoms with Crippen LogP contribution in [0.1, 0.15) is 0 Å². The molecule has 10 heteroatoms. The van der Waals surface area contributed by atoms with Crippen LogP contribution >= 0.6 is 10.8 Å². The van der Waals surface area contributed by atoms with Crippen LogP contribution in [0.3, 0.4) is 0 Å². The Morgan fingerprint density at radius 1 is 1.25 bits per heavy atom. The molecular weight excluding hydrogens is 269 g/mol. The summed E-state index contributed by atoms with van der Waals surface area (Å²) in [5.41, 5.74) is 4.79. The third kappa shape index (κ3) is 17.1. The smallest absolute Gasteiger partial charge is 0.739 e. The van der Waals surface area contributed by atoms with Crippen molar-refractivity contribution in [2.75, 3.05) is 32.2 Å². The number of hydrogen-bond donors (Lipinski definition) is 1. The zero-order chi connectivity index (χ0) is 11.7. The van der Waals surface area contributed by atoms with Crippen molar-refractivity contribution in [2.24, 2.45) is 5.73 Å². The monoisotopic (exact) mass is 281 g/mol. The van der Waals surface area contributed by atoms with Crippen molar-refractivity contribution in [1.82, 2.24) is 0 Å². The van der Waals surface area contributed by atoms with Crippen molar-refractivity contribution in [3.8, 4) is 0 Å². The fourth-order valence-corrected chi connectivity index (χ4v) is 1.79. The number of nitrogens with two attached hydrogens (primary N) is 1. The molecule has 0 radical (unpaired) electrons. The maximum atomic E-state index is 10.2. The zero-order valence-electron chi connectivity index (χ0n) is 8.88. The maximum Gasteiger partial charge on any atom is 1.00 e. The van der Waals surface area contributed by atoms with Gasteiger partial charge in [0.2, 0.25) is 5.91 Å². The second kappa shape index (κ2) is 10.8. The van der Waals surface area contributed by atoms with Crippen LogP contribution in [0.15, 0.2) is 0 Å². The molecule has 0 saturated heterocycles. The molecule has 0 aromatic rings. The Hall–Kier alpha value is 0.650. The van der Waals surface area contributed by atoms with Crippen LogP contribution in [-0.4, -0.2) is 51.1 Å². The van der Waals surface area contributed by atoms with Gasteiger partial charge in [0.15, 0.2) is 0 Å². The molecule has 0 saturated carbocycles. The van der Waals surface area contributed by atoms with Crippen LogP contribution in [0.4, 0.5) is 0 Å². The molecule has 0 fully saturated rings. The van der Waals surface area contributed by atoms with E-state index in [9.17, 15) is 17.8 Å². The Balaban J connectivity index is 0. The van der Waals surface area contributed by atoms with Gasteiger partial charge in [-0.15, -0.1) is 0 Å². The predicted octanol–water partition coefficient (Wildman–Crippen LogP) is -4.30. The second-order valence-corrected chi connectivity index (χ2v) is 5.75. The minimum Gasteiger partial charge on any atom is -0.739 e. The van der Waals surface area contributed by atoms with Gasteiger partial charge in [-0.25, -0.2) is 8.42 Å². The van der Waals surface area contributed by atoms with Crippen LogP contribution in [0.2, 0.25) is 0 Å². The topological polar surface area (TPSA) is 119 Å². The Morgan fingerprint density at radius 2 is 1.81 bits per heavy atom. The van der Waals surface area contributed by atoms with Gasteiger partial charge in [0, 0.05) is 5.75 Å². The fraction of sp³-hybridized carbons (Fsp3) is 0.833. The van der Waals surface area contributed by atoms with Crippen LogP contribution < -0.4 is 35.3 Å². The minimum atomic E-state index is -4.24. The number of ether oxygens (including phenoxy) is 2. The molecule has 1 amide bonds. The molecule has 0 rings (SSSR count). The van der Waals surface area contributed by atoms with Gasteiger partial charge in [0.1, 0.15) is 15.8 Å². The Labute approximate surface area is 120 Å². The summed E-state index contributed by atoms with van der Waals surface area (Å²) in [7, 11) is -3.96. The van der Waals surface area contributed by atoms with E-state index in [1.165, 1.54) is 0 Å². The largest absolute Gasteiger partial charge is 1.00 e. The number of rotatable bonds is 9. The second-order valence-electron chi connectivity index (χ2n) is 2.36. The molecule has 16 heavy (non-hydrogen) atoms. The number of carbonyl (C=O) groups is 1. The first-order chi connectivity index (χ1) is 6.92. The Kier molecular flexibility index (Phi) is 12.8. The molecule has 7 nitrogen and oxygen atoms in total. The maximum absolute atomic E-state index is 10.2. The SMILES string of the molecule is NC(=O)COCCOCCSS(=O)(=O)[O-].[Na+]. The zero-order valence-corrected chi connectivity index (χ0v) is 12.5. The van der Waals surface area contributed by atoms with E-state index in [1.807, 2.05) is 0 Å². The van der Waals surface area contributed by atoms with Crippen molar-refractivity contribution in [1.29, 1.82) is 0 Å². The molecule has 0 aliphatic rings. The van der Waals surface area contributed by atoms with Crippen LogP contribution in [-0.2, 0) is 23.4 Å². The summed E-state index contributed by atoms with van der Waals surface area (Å²) in [6.07, 6.45) is 0. The van der Waals surface area contributed by atoms with E-state index in [0.29, 0.717) is 0 Å². The quantitative estimate of drug-likeness (QED) is 0.196. The molecule has 0 bridgehead atoms. The van der Waals surface area contributed by atoms with E-state index >= 15 is 0 Å². The molecule has 0 aliphatic heterocycles. The van der Waals surface area contributed by atoms with Crippen LogP contribution in [0.25, 0.3) is 0 Å². The van der Waals surface area contributed by atoms with Gasteiger partial charge in [-0.05, 0) is 10.8 Å². The molecule has 2 N–H and O–H groups in total. The van der Waals surface area contributed by atoms with Gasteiger partial charge in [0.05, 0.1) is 19.8 Å². The Morgan fingerprint density at radius 3 is 2.31 bits per heavy atom. The molecule has 0 unspecified atom stereocenters. The fourth-order valence-electron chi connectivity index (χ4n) is 0.588. The molecule has 0 aromatic heterocycles. The number of primary amides is 1. The summed E-state index contributed by atoms with van der Waals surface area (Å²) in [4.78, 5) is 10.2. The average Bonchev–Trinajstić information content (AvgIpc) is 2.07. The van der Waals surface area contributed by atoms with E-state index < -0.39 is 15.1 Å².